The lowest BCUT2D eigenvalue weighted by molar-refractivity contribution is -0.139. The van der Waals surface area contributed by atoms with Crippen molar-refractivity contribution in [3.63, 3.8) is 0 Å². The maximum absolute atomic E-state index is 12.7. The van der Waals surface area contributed by atoms with Gasteiger partial charge in [-0.2, -0.15) is 13.2 Å². The zero-order valence-corrected chi connectivity index (χ0v) is 12.0. The molecule has 0 fully saturated rings. The van der Waals surface area contributed by atoms with E-state index >= 15 is 0 Å². The molecule has 5 nitrogen and oxygen atoms in total. The first-order valence-electron chi connectivity index (χ1n) is 6.66. The van der Waals surface area contributed by atoms with Crippen LogP contribution in [0.4, 0.5) is 13.2 Å². The number of aliphatic imine (C=N–C) groups is 1. The van der Waals surface area contributed by atoms with Gasteiger partial charge >= 0.3 is 6.18 Å². The number of halogens is 3. The molecule has 0 saturated carbocycles. The van der Waals surface area contributed by atoms with Gasteiger partial charge in [0.25, 0.3) is 0 Å². The van der Waals surface area contributed by atoms with Gasteiger partial charge in [-0.3, -0.25) is 0 Å². The van der Waals surface area contributed by atoms with Crippen LogP contribution < -0.4 is 15.4 Å². The van der Waals surface area contributed by atoms with Crippen molar-refractivity contribution < 1.29 is 17.9 Å². The Bertz CT molecular complexity index is 455. The molecule has 8 heteroatoms. The molecule has 0 unspecified atom stereocenters. The normalized spacial score (nSPS) is 10.9. The van der Waals surface area contributed by atoms with E-state index in [1.165, 1.54) is 12.3 Å². The van der Waals surface area contributed by atoms with E-state index in [-0.39, 0.29) is 13.2 Å². The number of hydrogen-bond donors (Lipinski definition) is 2. The SMILES string of the molecule is CCNC(=NCCOc1ncccc1C(F)(F)F)NCC. The van der Waals surface area contributed by atoms with Crippen LogP contribution in [-0.4, -0.2) is 37.2 Å². The van der Waals surface area contributed by atoms with Crippen LogP contribution in [-0.2, 0) is 6.18 Å². The van der Waals surface area contributed by atoms with Crippen LogP contribution in [0.15, 0.2) is 23.3 Å². The minimum Gasteiger partial charge on any atom is -0.475 e. The Morgan fingerprint density at radius 2 is 1.95 bits per heavy atom. The molecule has 1 rings (SSSR count). The summed E-state index contributed by atoms with van der Waals surface area (Å²) >= 11 is 0. The van der Waals surface area contributed by atoms with Crippen LogP contribution in [0, 0.1) is 0 Å². The number of aromatic nitrogens is 1. The summed E-state index contributed by atoms with van der Waals surface area (Å²) in [7, 11) is 0. The molecule has 0 atom stereocenters. The summed E-state index contributed by atoms with van der Waals surface area (Å²) < 4.78 is 43.2. The Hall–Kier alpha value is -1.99. The predicted molar refractivity (Wildman–Crippen MR) is 74.4 cm³/mol. The number of nitrogens with one attached hydrogen (secondary N) is 2. The molecule has 1 heterocycles. The summed E-state index contributed by atoms with van der Waals surface area (Å²) in [5.74, 6) is 0.175. The lowest BCUT2D eigenvalue weighted by Crippen LogP contribution is -2.37. The highest BCUT2D eigenvalue weighted by Gasteiger charge is 2.34. The highest BCUT2D eigenvalue weighted by atomic mass is 19.4. The third-order valence-corrected chi connectivity index (χ3v) is 2.36. The first-order chi connectivity index (χ1) is 9.99. The fourth-order valence-electron chi connectivity index (χ4n) is 1.53. The maximum Gasteiger partial charge on any atom is 0.421 e. The molecule has 0 bridgehead atoms. The van der Waals surface area contributed by atoms with Gasteiger partial charge in [-0.25, -0.2) is 9.98 Å². The van der Waals surface area contributed by atoms with Gasteiger partial charge in [0.15, 0.2) is 5.96 Å². The van der Waals surface area contributed by atoms with Crippen LogP contribution in [0.2, 0.25) is 0 Å². The molecule has 1 aromatic rings. The molecule has 0 aliphatic heterocycles. The standard InChI is InChI=1S/C13H19F3N4O/c1-3-17-12(18-4-2)20-8-9-21-11-10(13(14,15)16)6-5-7-19-11/h5-7H,3-4,8-9H2,1-2H3,(H2,17,18,20). The van der Waals surface area contributed by atoms with Crippen LogP contribution in [0.25, 0.3) is 0 Å². The Balaban J connectivity index is 2.58. The highest BCUT2D eigenvalue weighted by Crippen LogP contribution is 2.34. The Kier molecular flexibility index (Phi) is 6.77. The quantitative estimate of drug-likeness (QED) is 0.480. The van der Waals surface area contributed by atoms with Crippen LogP contribution >= 0.6 is 0 Å². The molecular formula is C13H19F3N4O. The van der Waals surface area contributed by atoms with E-state index in [4.69, 9.17) is 4.74 Å². The second-order valence-corrected chi connectivity index (χ2v) is 3.99. The zero-order chi connectivity index (χ0) is 15.7. The third kappa shape index (κ3) is 5.88. The molecule has 0 spiro atoms. The molecular weight excluding hydrogens is 285 g/mol. The van der Waals surface area contributed by atoms with Gasteiger partial charge in [-0.05, 0) is 26.0 Å². The minimum atomic E-state index is -4.48. The topological polar surface area (TPSA) is 58.5 Å². The van der Waals surface area contributed by atoms with Crippen molar-refractivity contribution in [2.24, 2.45) is 4.99 Å². The number of ether oxygens (including phenoxy) is 1. The van der Waals surface area contributed by atoms with Gasteiger partial charge in [-0.1, -0.05) is 0 Å². The Morgan fingerprint density at radius 1 is 1.29 bits per heavy atom. The summed E-state index contributed by atoms with van der Waals surface area (Å²) in [4.78, 5) is 7.78. The van der Waals surface area contributed by atoms with E-state index in [0.717, 1.165) is 6.07 Å². The largest absolute Gasteiger partial charge is 0.475 e. The van der Waals surface area contributed by atoms with Crippen molar-refractivity contribution in [1.82, 2.24) is 15.6 Å². The molecule has 0 aromatic carbocycles. The van der Waals surface area contributed by atoms with Crippen molar-refractivity contribution in [3.8, 4) is 5.88 Å². The fraction of sp³-hybridized carbons (Fsp3) is 0.538. The minimum absolute atomic E-state index is 0.0143. The van der Waals surface area contributed by atoms with Crippen molar-refractivity contribution in [2.75, 3.05) is 26.2 Å². The molecule has 0 amide bonds. The molecule has 0 aliphatic rings. The first kappa shape index (κ1) is 17.1. The number of rotatable bonds is 6. The number of alkyl halides is 3. The van der Waals surface area contributed by atoms with Gasteiger partial charge in [0, 0.05) is 19.3 Å². The summed E-state index contributed by atoms with van der Waals surface area (Å²) in [5, 5.41) is 6.01. The van der Waals surface area contributed by atoms with E-state index in [1.54, 1.807) is 0 Å². The monoisotopic (exact) mass is 304 g/mol. The predicted octanol–water partition coefficient (Wildman–Crippen LogP) is 2.05. The second-order valence-electron chi connectivity index (χ2n) is 3.99. The van der Waals surface area contributed by atoms with E-state index in [2.05, 4.69) is 20.6 Å². The lowest BCUT2D eigenvalue weighted by Gasteiger charge is -2.12. The second kappa shape index (κ2) is 8.33. The van der Waals surface area contributed by atoms with Gasteiger partial charge in [0.2, 0.25) is 5.88 Å². The van der Waals surface area contributed by atoms with E-state index in [1.807, 2.05) is 13.8 Å². The average molecular weight is 304 g/mol. The van der Waals surface area contributed by atoms with Gasteiger partial charge in [-0.15, -0.1) is 0 Å². The average Bonchev–Trinajstić information content (AvgIpc) is 2.43. The van der Waals surface area contributed by atoms with Crippen molar-refractivity contribution >= 4 is 5.96 Å². The van der Waals surface area contributed by atoms with Crippen molar-refractivity contribution in [3.05, 3.63) is 23.9 Å². The zero-order valence-electron chi connectivity index (χ0n) is 12.0. The molecule has 2 N–H and O–H groups in total. The summed E-state index contributed by atoms with van der Waals surface area (Å²) in [6.07, 6.45) is -3.22. The van der Waals surface area contributed by atoms with Crippen molar-refractivity contribution in [1.29, 1.82) is 0 Å². The number of hydrogen-bond acceptors (Lipinski definition) is 3. The summed E-state index contributed by atoms with van der Waals surface area (Å²) in [5.41, 5.74) is -0.882. The smallest absolute Gasteiger partial charge is 0.421 e. The fourth-order valence-corrected chi connectivity index (χ4v) is 1.53. The molecule has 0 radical (unpaired) electrons. The Morgan fingerprint density at radius 3 is 2.52 bits per heavy atom. The van der Waals surface area contributed by atoms with Crippen LogP contribution in [0.1, 0.15) is 19.4 Å². The lowest BCUT2D eigenvalue weighted by atomic mass is 10.2. The molecule has 0 saturated heterocycles. The van der Waals surface area contributed by atoms with Crippen LogP contribution in [0.5, 0.6) is 5.88 Å². The molecule has 0 aliphatic carbocycles. The number of guanidine groups is 1. The maximum atomic E-state index is 12.7. The Labute approximate surface area is 121 Å². The number of nitrogens with zero attached hydrogens (tertiary/aromatic N) is 2. The molecule has 1 aromatic heterocycles. The van der Waals surface area contributed by atoms with Crippen LogP contribution in [0.3, 0.4) is 0 Å². The highest BCUT2D eigenvalue weighted by molar-refractivity contribution is 5.79. The third-order valence-electron chi connectivity index (χ3n) is 2.36. The van der Waals surface area contributed by atoms with Gasteiger partial charge < -0.3 is 15.4 Å². The van der Waals surface area contributed by atoms with E-state index < -0.39 is 17.6 Å². The van der Waals surface area contributed by atoms with E-state index in [0.29, 0.717) is 19.0 Å². The molecule has 21 heavy (non-hydrogen) atoms. The first-order valence-corrected chi connectivity index (χ1v) is 6.66. The number of pyridine rings is 1. The summed E-state index contributed by atoms with van der Waals surface area (Å²) in [6, 6.07) is 2.16. The van der Waals surface area contributed by atoms with Crippen molar-refractivity contribution in [2.45, 2.75) is 20.0 Å². The van der Waals surface area contributed by atoms with E-state index in [9.17, 15) is 13.2 Å². The summed E-state index contributed by atoms with van der Waals surface area (Å²) in [6.45, 7) is 5.49. The molecule has 118 valence electrons. The van der Waals surface area contributed by atoms with Gasteiger partial charge in [0.1, 0.15) is 12.2 Å². The van der Waals surface area contributed by atoms with Gasteiger partial charge in [0.05, 0.1) is 6.54 Å².